The van der Waals surface area contributed by atoms with Gasteiger partial charge in [0.1, 0.15) is 0 Å². The van der Waals surface area contributed by atoms with E-state index in [1.165, 1.54) is 29.0 Å². The van der Waals surface area contributed by atoms with Crippen molar-refractivity contribution in [1.82, 2.24) is 10.3 Å². The minimum atomic E-state index is 0.824. The highest BCUT2D eigenvalue weighted by molar-refractivity contribution is 7.18. The van der Waals surface area contributed by atoms with Crippen molar-refractivity contribution in [2.75, 3.05) is 19.6 Å². The predicted molar refractivity (Wildman–Crippen MR) is 83.7 cm³/mol. The number of nitrogens with two attached hydrogens (primary N) is 1. The van der Waals surface area contributed by atoms with E-state index < -0.39 is 0 Å². The summed E-state index contributed by atoms with van der Waals surface area (Å²) in [6.45, 7) is 2.96. The van der Waals surface area contributed by atoms with Crippen LogP contribution >= 0.6 is 11.3 Å². The van der Waals surface area contributed by atoms with E-state index in [1.54, 1.807) is 0 Å². The van der Waals surface area contributed by atoms with Gasteiger partial charge in [0.05, 0.1) is 15.2 Å². The molecule has 3 nitrogen and oxygen atoms in total. The van der Waals surface area contributed by atoms with Gasteiger partial charge in [0.15, 0.2) is 0 Å². The quantitative estimate of drug-likeness (QED) is 0.693. The van der Waals surface area contributed by atoms with E-state index >= 15 is 0 Å². The molecule has 0 aliphatic rings. The average Bonchev–Trinajstić information content (AvgIpc) is 2.84. The van der Waals surface area contributed by atoms with Gasteiger partial charge >= 0.3 is 0 Å². The Labute approximate surface area is 119 Å². The fourth-order valence-corrected chi connectivity index (χ4v) is 3.06. The lowest BCUT2D eigenvalue weighted by Gasteiger charge is -2.02. The van der Waals surface area contributed by atoms with E-state index in [2.05, 4.69) is 28.5 Å². The molecule has 1 aromatic heterocycles. The van der Waals surface area contributed by atoms with Crippen LogP contribution in [0.3, 0.4) is 0 Å². The lowest BCUT2D eigenvalue weighted by molar-refractivity contribution is 0.591. The molecule has 0 unspecified atom stereocenters. The highest BCUT2D eigenvalue weighted by atomic mass is 32.1. The average molecular weight is 277 g/mol. The zero-order valence-corrected chi connectivity index (χ0v) is 12.2. The number of thiazole rings is 1. The Morgan fingerprint density at radius 3 is 2.74 bits per heavy atom. The fourth-order valence-electron chi connectivity index (χ4n) is 2.10. The molecule has 0 bridgehead atoms. The predicted octanol–water partition coefficient (Wildman–Crippen LogP) is 2.95. The minimum absolute atomic E-state index is 0.824. The number of hydrogen-bond acceptors (Lipinski definition) is 4. The number of unbranched alkanes of at least 4 members (excludes halogenated alkanes) is 3. The monoisotopic (exact) mass is 277 g/mol. The molecule has 0 radical (unpaired) electrons. The second-order valence-corrected chi connectivity index (χ2v) is 5.89. The van der Waals surface area contributed by atoms with Gasteiger partial charge in [-0.05, 0) is 38.1 Å². The maximum atomic E-state index is 5.47. The first kappa shape index (κ1) is 14.4. The number of benzene rings is 1. The number of rotatable bonds is 9. The summed E-state index contributed by atoms with van der Waals surface area (Å²) in [6.07, 6.45) is 5.98. The third kappa shape index (κ3) is 4.90. The largest absolute Gasteiger partial charge is 0.330 e. The number of nitrogens with zero attached hydrogens (tertiary/aromatic N) is 1. The van der Waals surface area contributed by atoms with Crippen LogP contribution in [-0.2, 0) is 6.42 Å². The van der Waals surface area contributed by atoms with Crippen molar-refractivity contribution in [3.63, 3.8) is 0 Å². The molecule has 1 aromatic carbocycles. The second kappa shape index (κ2) is 8.25. The number of aromatic nitrogens is 1. The van der Waals surface area contributed by atoms with Gasteiger partial charge in [-0.1, -0.05) is 25.0 Å². The van der Waals surface area contributed by atoms with Gasteiger partial charge in [0, 0.05) is 13.0 Å². The smallest absolute Gasteiger partial charge is 0.0951 e. The molecular formula is C15H23N3S. The number of para-hydroxylation sites is 1. The Morgan fingerprint density at radius 2 is 1.89 bits per heavy atom. The standard InChI is InChI=1S/C15H23N3S/c16-10-5-1-2-6-11-17-12-9-15-18-13-7-3-4-8-14(13)19-15/h3-4,7-8,17H,1-2,5-6,9-12,16H2. The van der Waals surface area contributed by atoms with Gasteiger partial charge in [-0.3, -0.25) is 0 Å². The van der Waals surface area contributed by atoms with Crippen LogP contribution in [0.1, 0.15) is 30.7 Å². The van der Waals surface area contributed by atoms with Gasteiger partial charge in [0.2, 0.25) is 0 Å². The van der Waals surface area contributed by atoms with Crippen LogP contribution in [0, 0.1) is 0 Å². The molecule has 104 valence electrons. The van der Waals surface area contributed by atoms with Crippen molar-refractivity contribution in [3.05, 3.63) is 29.3 Å². The summed E-state index contributed by atoms with van der Waals surface area (Å²) >= 11 is 1.81. The third-order valence-electron chi connectivity index (χ3n) is 3.16. The summed E-state index contributed by atoms with van der Waals surface area (Å²) in [7, 11) is 0. The maximum absolute atomic E-state index is 5.47. The van der Waals surface area contributed by atoms with Crippen LogP contribution in [0.4, 0.5) is 0 Å². The first-order valence-electron chi connectivity index (χ1n) is 7.15. The Morgan fingerprint density at radius 1 is 1.05 bits per heavy atom. The molecule has 0 saturated heterocycles. The third-order valence-corrected chi connectivity index (χ3v) is 4.26. The lowest BCUT2D eigenvalue weighted by atomic mass is 10.2. The summed E-state index contributed by atoms with van der Waals surface area (Å²) in [5.74, 6) is 0. The molecule has 0 aliphatic heterocycles. The molecule has 2 aromatic rings. The van der Waals surface area contributed by atoms with Crippen LogP contribution in [0.15, 0.2) is 24.3 Å². The van der Waals surface area contributed by atoms with Crippen molar-refractivity contribution in [2.45, 2.75) is 32.1 Å². The molecule has 0 saturated carbocycles. The molecule has 19 heavy (non-hydrogen) atoms. The summed E-state index contributed by atoms with van der Waals surface area (Å²) in [4.78, 5) is 4.64. The highest BCUT2D eigenvalue weighted by Gasteiger charge is 2.02. The summed E-state index contributed by atoms with van der Waals surface area (Å²) in [5, 5.41) is 4.72. The first-order valence-corrected chi connectivity index (χ1v) is 7.97. The van der Waals surface area contributed by atoms with Gasteiger partial charge in [0.25, 0.3) is 0 Å². The lowest BCUT2D eigenvalue weighted by Crippen LogP contribution is -2.18. The van der Waals surface area contributed by atoms with Crippen LogP contribution in [0.5, 0.6) is 0 Å². The van der Waals surface area contributed by atoms with Gasteiger partial charge in [-0.2, -0.15) is 0 Å². The van der Waals surface area contributed by atoms with E-state index in [-0.39, 0.29) is 0 Å². The fraction of sp³-hybridized carbons (Fsp3) is 0.533. The molecular weight excluding hydrogens is 254 g/mol. The van der Waals surface area contributed by atoms with E-state index in [0.29, 0.717) is 0 Å². The van der Waals surface area contributed by atoms with Crippen molar-refractivity contribution in [1.29, 1.82) is 0 Å². The molecule has 1 heterocycles. The number of hydrogen-bond donors (Lipinski definition) is 2. The molecule has 0 amide bonds. The van der Waals surface area contributed by atoms with E-state index in [1.807, 2.05) is 17.4 Å². The molecule has 2 rings (SSSR count). The van der Waals surface area contributed by atoms with Gasteiger partial charge < -0.3 is 11.1 Å². The van der Waals surface area contributed by atoms with Crippen molar-refractivity contribution >= 4 is 21.6 Å². The molecule has 3 N–H and O–H groups in total. The Kier molecular flexibility index (Phi) is 6.27. The van der Waals surface area contributed by atoms with Crippen LogP contribution in [-0.4, -0.2) is 24.6 Å². The van der Waals surface area contributed by atoms with E-state index in [4.69, 9.17) is 5.73 Å². The normalized spacial score (nSPS) is 11.2. The minimum Gasteiger partial charge on any atom is -0.330 e. The number of fused-ring (bicyclic) bond motifs is 1. The SMILES string of the molecule is NCCCCCCNCCc1nc2ccccc2s1. The van der Waals surface area contributed by atoms with Crippen molar-refractivity contribution < 1.29 is 0 Å². The molecule has 0 fully saturated rings. The molecule has 0 aliphatic carbocycles. The van der Waals surface area contributed by atoms with Gasteiger partial charge in [-0.25, -0.2) is 4.98 Å². The molecule has 0 spiro atoms. The molecule has 0 atom stereocenters. The van der Waals surface area contributed by atoms with Crippen molar-refractivity contribution in [2.24, 2.45) is 5.73 Å². The first-order chi connectivity index (χ1) is 9.40. The second-order valence-electron chi connectivity index (χ2n) is 4.78. The van der Waals surface area contributed by atoms with E-state index in [9.17, 15) is 0 Å². The zero-order valence-electron chi connectivity index (χ0n) is 11.4. The van der Waals surface area contributed by atoms with Crippen molar-refractivity contribution in [3.8, 4) is 0 Å². The Hall–Kier alpha value is -0.970. The molecule has 4 heteroatoms. The van der Waals surface area contributed by atoms with E-state index in [0.717, 1.165) is 38.0 Å². The summed E-state index contributed by atoms with van der Waals surface area (Å²) in [6, 6.07) is 8.34. The summed E-state index contributed by atoms with van der Waals surface area (Å²) < 4.78 is 1.29. The Bertz CT molecular complexity index is 448. The summed E-state index contributed by atoms with van der Waals surface area (Å²) in [5.41, 5.74) is 6.59. The van der Waals surface area contributed by atoms with Gasteiger partial charge in [-0.15, -0.1) is 11.3 Å². The Balaban J connectivity index is 1.60. The van der Waals surface area contributed by atoms with Crippen LogP contribution < -0.4 is 11.1 Å². The zero-order chi connectivity index (χ0) is 13.3. The van der Waals surface area contributed by atoms with Crippen LogP contribution in [0.2, 0.25) is 0 Å². The number of nitrogens with one attached hydrogen (secondary N) is 1. The topological polar surface area (TPSA) is 50.9 Å². The maximum Gasteiger partial charge on any atom is 0.0951 e. The highest BCUT2D eigenvalue weighted by Crippen LogP contribution is 2.21. The van der Waals surface area contributed by atoms with Crippen LogP contribution in [0.25, 0.3) is 10.2 Å².